The van der Waals surface area contributed by atoms with Crippen molar-refractivity contribution in [2.24, 2.45) is 5.92 Å². The fourth-order valence-electron chi connectivity index (χ4n) is 2.76. The molecule has 0 aromatic heterocycles. The molecule has 1 heterocycles. The van der Waals surface area contributed by atoms with Gasteiger partial charge in [-0.3, -0.25) is 0 Å². The molecule has 1 aliphatic rings. The molecule has 0 saturated carbocycles. The minimum absolute atomic E-state index is 0.427. The van der Waals surface area contributed by atoms with Gasteiger partial charge in [0.2, 0.25) is 0 Å². The van der Waals surface area contributed by atoms with E-state index >= 15 is 0 Å². The van der Waals surface area contributed by atoms with Gasteiger partial charge in [-0.05, 0) is 52.9 Å². The van der Waals surface area contributed by atoms with Gasteiger partial charge in [0.05, 0.1) is 0 Å². The van der Waals surface area contributed by atoms with Crippen molar-refractivity contribution in [3.63, 3.8) is 0 Å². The molecule has 1 N–H and O–H groups in total. The number of piperidine rings is 1. The summed E-state index contributed by atoms with van der Waals surface area (Å²) in [5.41, 5.74) is 0. The minimum atomic E-state index is -3.32. The molecule has 0 radical (unpaired) electrons. The zero-order valence-electron chi connectivity index (χ0n) is 14.0. The molecule has 1 rings (SSSR count). The first-order valence-corrected chi connectivity index (χ1v) is 9.36. The zero-order chi connectivity index (χ0) is 15.9. The average molecular weight is 321 g/mol. The minimum Gasteiger partial charge on any atom is -0.319 e. The highest BCUT2D eigenvalue weighted by Gasteiger charge is 2.32. The summed E-state index contributed by atoms with van der Waals surface area (Å²) < 4.78 is 29.0. The van der Waals surface area contributed by atoms with Gasteiger partial charge >= 0.3 is 0 Å². The van der Waals surface area contributed by atoms with E-state index in [0.29, 0.717) is 32.1 Å². The van der Waals surface area contributed by atoms with Crippen LogP contribution in [0, 0.1) is 5.92 Å². The van der Waals surface area contributed by atoms with Crippen LogP contribution in [0.1, 0.15) is 26.2 Å². The Bertz CT molecular complexity index is 384. The SMILES string of the molecule is CCCN(CCN(C)C)S(=O)(=O)N1CCCC(CNC)C1. The molecule has 1 unspecified atom stereocenters. The Balaban J connectivity index is 2.74. The highest BCUT2D eigenvalue weighted by molar-refractivity contribution is 7.86. The third-order valence-electron chi connectivity index (χ3n) is 3.90. The van der Waals surface area contributed by atoms with Crippen LogP contribution in [0.4, 0.5) is 0 Å². The van der Waals surface area contributed by atoms with E-state index in [0.717, 1.165) is 32.4 Å². The normalized spacial score (nSPS) is 21.3. The van der Waals surface area contributed by atoms with Crippen LogP contribution in [-0.4, -0.2) is 82.3 Å². The predicted octanol–water partition coefficient (Wildman–Crippen LogP) is 0.436. The van der Waals surface area contributed by atoms with Crippen LogP contribution in [0.2, 0.25) is 0 Å². The van der Waals surface area contributed by atoms with Crippen LogP contribution in [-0.2, 0) is 10.2 Å². The summed E-state index contributed by atoms with van der Waals surface area (Å²) in [5.74, 6) is 0.427. The van der Waals surface area contributed by atoms with Crippen LogP contribution < -0.4 is 5.32 Å². The van der Waals surface area contributed by atoms with Gasteiger partial charge in [-0.1, -0.05) is 6.92 Å². The van der Waals surface area contributed by atoms with Crippen LogP contribution in [0.15, 0.2) is 0 Å². The van der Waals surface area contributed by atoms with Crippen LogP contribution >= 0.6 is 0 Å². The monoisotopic (exact) mass is 320 g/mol. The van der Waals surface area contributed by atoms with Crippen molar-refractivity contribution in [1.29, 1.82) is 0 Å². The van der Waals surface area contributed by atoms with E-state index < -0.39 is 10.2 Å². The summed E-state index contributed by atoms with van der Waals surface area (Å²) in [6.45, 7) is 6.14. The molecule has 0 spiro atoms. The zero-order valence-corrected chi connectivity index (χ0v) is 14.8. The van der Waals surface area contributed by atoms with Gasteiger partial charge in [-0.25, -0.2) is 0 Å². The third kappa shape index (κ3) is 5.83. The molecule has 0 amide bonds. The molecule has 0 aromatic carbocycles. The summed E-state index contributed by atoms with van der Waals surface area (Å²) >= 11 is 0. The van der Waals surface area contributed by atoms with Crippen molar-refractivity contribution in [2.45, 2.75) is 26.2 Å². The topological polar surface area (TPSA) is 55.9 Å². The number of nitrogens with one attached hydrogen (secondary N) is 1. The summed E-state index contributed by atoms with van der Waals surface area (Å²) in [5, 5.41) is 3.16. The molecule has 0 bridgehead atoms. The van der Waals surface area contributed by atoms with Crippen molar-refractivity contribution >= 4 is 10.2 Å². The van der Waals surface area contributed by atoms with Crippen LogP contribution in [0.25, 0.3) is 0 Å². The first-order chi connectivity index (χ1) is 9.91. The number of nitrogens with zero attached hydrogens (tertiary/aromatic N) is 3. The summed E-state index contributed by atoms with van der Waals surface area (Å²) in [6, 6.07) is 0. The number of hydrogen-bond donors (Lipinski definition) is 1. The van der Waals surface area contributed by atoms with Gasteiger partial charge in [-0.15, -0.1) is 0 Å². The van der Waals surface area contributed by atoms with Gasteiger partial charge < -0.3 is 10.2 Å². The van der Waals surface area contributed by atoms with Gasteiger partial charge in [0.15, 0.2) is 0 Å². The molecule has 0 aliphatic carbocycles. The van der Waals surface area contributed by atoms with Gasteiger partial charge in [-0.2, -0.15) is 17.0 Å². The lowest BCUT2D eigenvalue weighted by Gasteiger charge is -2.35. The van der Waals surface area contributed by atoms with Crippen molar-refractivity contribution in [3.8, 4) is 0 Å². The smallest absolute Gasteiger partial charge is 0.282 e. The molecule has 1 fully saturated rings. The Labute approximate surface area is 130 Å². The lowest BCUT2D eigenvalue weighted by Crippen LogP contribution is -2.50. The Morgan fingerprint density at radius 1 is 1.24 bits per heavy atom. The Morgan fingerprint density at radius 2 is 1.95 bits per heavy atom. The molecule has 7 heteroatoms. The van der Waals surface area contributed by atoms with Crippen molar-refractivity contribution in [1.82, 2.24) is 18.8 Å². The average Bonchev–Trinajstić information content (AvgIpc) is 2.43. The highest BCUT2D eigenvalue weighted by atomic mass is 32.2. The number of hydrogen-bond acceptors (Lipinski definition) is 4. The largest absolute Gasteiger partial charge is 0.319 e. The predicted molar refractivity (Wildman–Crippen MR) is 87.6 cm³/mol. The van der Waals surface area contributed by atoms with E-state index in [1.807, 2.05) is 33.0 Å². The molecule has 21 heavy (non-hydrogen) atoms. The maximum Gasteiger partial charge on any atom is 0.282 e. The quantitative estimate of drug-likeness (QED) is 0.670. The molecule has 1 saturated heterocycles. The Morgan fingerprint density at radius 3 is 2.52 bits per heavy atom. The third-order valence-corrected chi connectivity index (χ3v) is 5.90. The van der Waals surface area contributed by atoms with Gasteiger partial charge in [0, 0.05) is 32.7 Å². The highest BCUT2D eigenvalue weighted by Crippen LogP contribution is 2.20. The molecule has 126 valence electrons. The van der Waals surface area contributed by atoms with Crippen LogP contribution in [0.3, 0.4) is 0 Å². The van der Waals surface area contributed by atoms with E-state index in [1.54, 1.807) is 8.61 Å². The number of rotatable bonds is 9. The maximum absolute atomic E-state index is 12.9. The van der Waals surface area contributed by atoms with E-state index in [1.165, 1.54) is 0 Å². The molecular weight excluding hydrogens is 288 g/mol. The summed E-state index contributed by atoms with van der Waals surface area (Å²) in [6.07, 6.45) is 2.91. The van der Waals surface area contributed by atoms with Crippen molar-refractivity contribution in [2.75, 3.05) is 60.4 Å². The molecule has 1 aliphatic heterocycles. The summed E-state index contributed by atoms with van der Waals surface area (Å²) in [4.78, 5) is 2.03. The van der Waals surface area contributed by atoms with Gasteiger partial charge in [0.1, 0.15) is 0 Å². The van der Waals surface area contributed by atoms with E-state index in [9.17, 15) is 8.42 Å². The second-order valence-corrected chi connectivity index (χ2v) is 8.06. The lowest BCUT2D eigenvalue weighted by molar-refractivity contribution is 0.239. The van der Waals surface area contributed by atoms with E-state index in [-0.39, 0.29) is 0 Å². The molecule has 0 aromatic rings. The van der Waals surface area contributed by atoms with Gasteiger partial charge in [0.25, 0.3) is 10.2 Å². The maximum atomic E-state index is 12.9. The Kier molecular flexibility index (Phi) is 8.12. The molecular formula is C14H32N4O2S. The van der Waals surface area contributed by atoms with Crippen LogP contribution in [0.5, 0.6) is 0 Å². The summed E-state index contributed by atoms with van der Waals surface area (Å²) in [7, 11) is 2.55. The van der Waals surface area contributed by atoms with E-state index in [2.05, 4.69) is 5.32 Å². The van der Waals surface area contributed by atoms with Crippen molar-refractivity contribution < 1.29 is 8.42 Å². The standard InChI is InChI=1S/C14H32N4O2S/c1-5-8-17(11-10-16(3)4)21(19,20)18-9-6-7-14(13-18)12-15-2/h14-15H,5-13H2,1-4H3. The molecule has 1 atom stereocenters. The number of likely N-dealkylation sites (N-methyl/N-ethyl adjacent to an activating group) is 1. The second kappa shape index (κ2) is 9.05. The first kappa shape index (κ1) is 18.8. The van der Waals surface area contributed by atoms with E-state index in [4.69, 9.17) is 0 Å². The first-order valence-electron chi connectivity index (χ1n) is 7.96. The fraction of sp³-hybridized carbons (Fsp3) is 1.00. The second-order valence-electron chi connectivity index (χ2n) is 6.13. The Hall–Kier alpha value is -0.210. The fourth-order valence-corrected chi connectivity index (χ4v) is 4.57. The lowest BCUT2D eigenvalue weighted by atomic mass is 10.00. The molecule has 6 nitrogen and oxygen atoms in total. The van der Waals surface area contributed by atoms with Crippen molar-refractivity contribution in [3.05, 3.63) is 0 Å².